The summed E-state index contributed by atoms with van der Waals surface area (Å²) < 4.78 is 9.03. The summed E-state index contributed by atoms with van der Waals surface area (Å²) in [6.07, 6.45) is 0. The fourth-order valence-corrected chi connectivity index (χ4v) is 2.68. The molecule has 6 nitrogen and oxygen atoms in total. The lowest BCUT2D eigenvalue weighted by Gasteiger charge is -2.09. The van der Waals surface area contributed by atoms with E-state index in [-0.39, 0.29) is 16.1 Å². The number of nitrogens with one attached hydrogen (secondary N) is 1. The van der Waals surface area contributed by atoms with E-state index in [0.717, 1.165) is 11.5 Å². The largest absolute Gasteiger partial charge is 0.496 e. The van der Waals surface area contributed by atoms with Crippen molar-refractivity contribution in [3.8, 4) is 5.75 Å². The molecule has 2 rings (SSSR count). The Balaban J connectivity index is 2.33. The highest BCUT2D eigenvalue weighted by molar-refractivity contribution is 7.11. The Hall–Kier alpha value is -2.12. The van der Waals surface area contributed by atoms with Crippen LogP contribution in [0.15, 0.2) is 18.2 Å². The van der Waals surface area contributed by atoms with E-state index in [4.69, 9.17) is 21.4 Å². The lowest BCUT2D eigenvalue weighted by atomic mass is 10.2. The Bertz CT molecular complexity index is 714. The number of aromatic nitrogens is 1. The van der Waals surface area contributed by atoms with E-state index < -0.39 is 11.9 Å². The molecule has 0 aliphatic rings. The van der Waals surface area contributed by atoms with Crippen molar-refractivity contribution in [2.75, 3.05) is 12.4 Å². The molecule has 0 unspecified atom stereocenters. The van der Waals surface area contributed by atoms with Gasteiger partial charge in [-0.1, -0.05) is 11.6 Å². The number of rotatable bonds is 4. The minimum atomic E-state index is -1.14. The molecule has 21 heavy (non-hydrogen) atoms. The van der Waals surface area contributed by atoms with Gasteiger partial charge in [0.15, 0.2) is 0 Å². The number of aryl methyl sites for hydroxylation is 1. The average molecular weight is 327 g/mol. The van der Waals surface area contributed by atoms with Gasteiger partial charge in [0, 0.05) is 5.02 Å². The van der Waals surface area contributed by atoms with E-state index in [2.05, 4.69) is 9.69 Å². The molecule has 0 aliphatic heterocycles. The fraction of sp³-hybridized carbons (Fsp3) is 0.154. The molecule has 0 saturated carbocycles. The normalized spacial score (nSPS) is 10.2. The van der Waals surface area contributed by atoms with Crippen LogP contribution in [0.4, 0.5) is 5.00 Å². The van der Waals surface area contributed by atoms with Crippen LogP contribution < -0.4 is 10.1 Å². The zero-order valence-electron chi connectivity index (χ0n) is 11.1. The summed E-state index contributed by atoms with van der Waals surface area (Å²) in [7, 11) is 1.42. The number of carboxylic acid groups (broad SMARTS) is 1. The highest BCUT2D eigenvalue weighted by Gasteiger charge is 2.21. The van der Waals surface area contributed by atoms with Gasteiger partial charge in [-0.05, 0) is 36.7 Å². The van der Waals surface area contributed by atoms with E-state index in [1.807, 2.05) is 0 Å². The molecule has 0 bridgehead atoms. The summed E-state index contributed by atoms with van der Waals surface area (Å²) in [5.41, 5.74) is 0.594. The second-order valence-electron chi connectivity index (χ2n) is 4.08. The highest BCUT2D eigenvalue weighted by atomic mass is 35.5. The molecule has 0 atom stereocenters. The molecular formula is C13H11ClN2O4S. The maximum atomic E-state index is 12.2. The van der Waals surface area contributed by atoms with Crippen LogP contribution in [0, 0.1) is 6.92 Å². The molecule has 0 aliphatic carbocycles. The number of carbonyl (C=O) groups excluding carboxylic acids is 1. The summed E-state index contributed by atoms with van der Waals surface area (Å²) in [5.74, 6) is -1.33. The first-order chi connectivity index (χ1) is 9.93. The smallest absolute Gasteiger partial charge is 0.340 e. The van der Waals surface area contributed by atoms with E-state index in [9.17, 15) is 9.59 Å². The molecule has 2 N–H and O–H groups in total. The van der Waals surface area contributed by atoms with Crippen molar-refractivity contribution in [1.29, 1.82) is 0 Å². The van der Waals surface area contributed by atoms with Crippen LogP contribution in [0.2, 0.25) is 5.02 Å². The van der Waals surface area contributed by atoms with Gasteiger partial charge < -0.3 is 15.2 Å². The van der Waals surface area contributed by atoms with Crippen molar-refractivity contribution in [2.45, 2.75) is 6.92 Å². The molecule has 8 heteroatoms. The molecule has 2 aromatic rings. The molecule has 1 aromatic carbocycles. The molecule has 110 valence electrons. The number of halogens is 1. The molecule has 0 saturated heterocycles. The van der Waals surface area contributed by atoms with Gasteiger partial charge in [-0.2, -0.15) is 4.37 Å². The predicted molar refractivity (Wildman–Crippen MR) is 79.8 cm³/mol. The van der Waals surface area contributed by atoms with E-state index in [1.54, 1.807) is 13.0 Å². The van der Waals surface area contributed by atoms with Crippen molar-refractivity contribution in [3.63, 3.8) is 0 Å². The van der Waals surface area contributed by atoms with Crippen molar-refractivity contribution in [3.05, 3.63) is 40.0 Å². The number of anilines is 1. The second-order valence-corrected chi connectivity index (χ2v) is 5.29. The molecule has 0 fully saturated rings. The van der Waals surface area contributed by atoms with Crippen LogP contribution in [-0.4, -0.2) is 28.5 Å². The first kappa shape index (κ1) is 15.3. The number of amides is 1. The first-order valence-corrected chi connectivity index (χ1v) is 6.93. The number of carboxylic acids is 1. The van der Waals surface area contributed by atoms with Crippen LogP contribution in [0.25, 0.3) is 0 Å². The molecule has 0 spiro atoms. The summed E-state index contributed by atoms with van der Waals surface area (Å²) in [6.45, 7) is 1.57. The first-order valence-electron chi connectivity index (χ1n) is 5.78. The number of ether oxygens (including phenoxy) is 1. The highest BCUT2D eigenvalue weighted by Crippen LogP contribution is 2.28. The minimum absolute atomic E-state index is 0.0127. The number of hydrogen-bond donors (Lipinski definition) is 2. The van der Waals surface area contributed by atoms with Gasteiger partial charge in [0.1, 0.15) is 16.3 Å². The SMILES string of the molecule is COc1cc(Cl)ccc1C(=O)Nc1snc(C)c1C(=O)O. The van der Waals surface area contributed by atoms with Gasteiger partial charge >= 0.3 is 5.97 Å². The topological polar surface area (TPSA) is 88.5 Å². The average Bonchev–Trinajstić information content (AvgIpc) is 2.79. The number of benzene rings is 1. The fourth-order valence-electron chi connectivity index (χ4n) is 1.73. The van der Waals surface area contributed by atoms with Crippen LogP contribution in [0.3, 0.4) is 0 Å². The Morgan fingerprint density at radius 3 is 2.76 bits per heavy atom. The van der Waals surface area contributed by atoms with Crippen LogP contribution in [0.5, 0.6) is 5.75 Å². The Morgan fingerprint density at radius 2 is 2.14 bits per heavy atom. The summed E-state index contributed by atoms with van der Waals surface area (Å²) >= 11 is 6.75. The summed E-state index contributed by atoms with van der Waals surface area (Å²) in [5, 5.41) is 12.3. The van der Waals surface area contributed by atoms with Crippen molar-refractivity contribution >= 4 is 40.0 Å². The van der Waals surface area contributed by atoms with E-state index >= 15 is 0 Å². The van der Waals surface area contributed by atoms with Gasteiger partial charge in [-0.25, -0.2) is 4.79 Å². The molecule has 0 radical (unpaired) electrons. The van der Waals surface area contributed by atoms with Crippen LogP contribution in [0.1, 0.15) is 26.4 Å². The molecule has 1 heterocycles. The summed E-state index contributed by atoms with van der Waals surface area (Å²) in [6, 6.07) is 4.56. The standard InChI is InChI=1S/C13H11ClN2O4S/c1-6-10(13(18)19)12(21-16-6)15-11(17)8-4-3-7(14)5-9(8)20-2/h3-5H,1-2H3,(H,15,17)(H,18,19). The number of aromatic carboxylic acids is 1. The maximum Gasteiger partial charge on any atom is 0.340 e. The van der Waals surface area contributed by atoms with Gasteiger partial charge in [0.25, 0.3) is 5.91 Å². The van der Waals surface area contributed by atoms with Crippen molar-refractivity contribution in [2.24, 2.45) is 0 Å². The zero-order valence-corrected chi connectivity index (χ0v) is 12.7. The summed E-state index contributed by atoms with van der Waals surface area (Å²) in [4.78, 5) is 23.4. The van der Waals surface area contributed by atoms with Gasteiger partial charge in [-0.3, -0.25) is 4.79 Å². The number of carbonyl (C=O) groups is 2. The number of nitrogens with zero attached hydrogens (tertiary/aromatic N) is 1. The Morgan fingerprint density at radius 1 is 1.43 bits per heavy atom. The van der Waals surface area contributed by atoms with E-state index in [0.29, 0.717) is 16.5 Å². The number of hydrogen-bond acceptors (Lipinski definition) is 5. The van der Waals surface area contributed by atoms with E-state index in [1.165, 1.54) is 19.2 Å². The maximum absolute atomic E-state index is 12.2. The van der Waals surface area contributed by atoms with Crippen molar-refractivity contribution in [1.82, 2.24) is 4.37 Å². The molecule has 1 amide bonds. The van der Waals surface area contributed by atoms with Crippen LogP contribution in [-0.2, 0) is 0 Å². The molecular weight excluding hydrogens is 316 g/mol. The third-order valence-corrected chi connectivity index (χ3v) is 3.80. The Labute approximate surface area is 129 Å². The van der Waals surface area contributed by atoms with Gasteiger partial charge in [0.05, 0.1) is 18.4 Å². The Kier molecular flexibility index (Phi) is 4.44. The monoisotopic (exact) mass is 326 g/mol. The molecule has 1 aromatic heterocycles. The third-order valence-electron chi connectivity index (χ3n) is 2.71. The lowest BCUT2D eigenvalue weighted by Crippen LogP contribution is -2.14. The third kappa shape index (κ3) is 3.14. The van der Waals surface area contributed by atoms with Gasteiger partial charge in [-0.15, -0.1) is 0 Å². The quantitative estimate of drug-likeness (QED) is 0.901. The second kappa shape index (κ2) is 6.11. The zero-order chi connectivity index (χ0) is 15.6. The van der Waals surface area contributed by atoms with Crippen molar-refractivity contribution < 1.29 is 19.4 Å². The lowest BCUT2D eigenvalue weighted by molar-refractivity contribution is 0.0697. The predicted octanol–water partition coefficient (Wildman–Crippen LogP) is 3.06. The van der Waals surface area contributed by atoms with Crippen LogP contribution >= 0.6 is 23.1 Å². The minimum Gasteiger partial charge on any atom is -0.496 e. The van der Waals surface area contributed by atoms with Gasteiger partial charge in [0.2, 0.25) is 0 Å². The number of methoxy groups -OCH3 is 1.